The van der Waals surface area contributed by atoms with Crippen LogP contribution in [0.5, 0.6) is 5.75 Å². The van der Waals surface area contributed by atoms with Crippen LogP contribution in [0.4, 0.5) is 5.69 Å². The fourth-order valence-electron chi connectivity index (χ4n) is 5.17. The van der Waals surface area contributed by atoms with Crippen molar-refractivity contribution in [1.29, 1.82) is 0 Å². The van der Waals surface area contributed by atoms with Gasteiger partial charge in [0.05, 0.1) is 0 Å². The van der Waals surface area contributed by atoms with Crippen LogP contribution in [0.15, 0.2) is 89.5 Å². The van der Waals surface area contributed by atoms with E-state index in [-0.39, 0.29) is 12.5 Å². The number of carboxylic acids is 2. The van der Waals surface area contributed by atoms with Gasteiger partial charge in [-0.05, 0) is 80.1 Å². The van der Waals surface area contributed by atoms with E-state index >= 15 is 0 Å². The Morgan fingerprint density at radius 1 is 0.896 bits per heavy atom. The average Bonchev–Trinajstić information content (AvgIpc) is 3.75. The van der Waals surface area contributed by atoms with Crippen molar-refractivity contribution < 1.29 is 33.8 Å². The SMILES string of the molecule is Cc1ccc(-c2nnc(-c3ccc(N4CCN(C(=O)COc5ccc6[nH]cc(CCN)c6c5)CC4)cc3)o2)cc1.O=C(O)C=CC(=O)O. The molecular weight excluding hydrogens is 616 g/mol. The predicted molar refractivity (Wildman–Crippen MR) is 180 cm³/mol. The summed E-state index contributed by atoms with van der Waals surface area (Å²) in [7, 11) is 0. The largest absolute Gasteiger partial charge is 0.484 e. The van der Waals surface area contributed by atoms with Crippen molar-refractivity contribution in [2.75, 3.05) is 44.2 Å². The number of hydrogen-bond donors (Lipinski definition) is 4. The molecule has 1 aliphatic heterocycles. The number of nitrogens with zero attached hydrogens (tertiary/aromatic N) is 4. The smallest absolute Gasteiger partial charge is 0.328 e. The number of aryl methyl sites for hydroxylation is 1. The number of carboxylic acid groups (broad SMARTS) is 2. The van der Waals surface area contributed by atoms with Gasteiger partial charge in [-0.15, -0.1) is 10.2 Å². The van der Waals surface area contributed by atoms with Crippen LogP contribution in [-0.4, -0.2) is 87.5 Å². The number of piperazine rings is 1. The Kier molecular flexibility index (Phi) is 10.8. The number of ether oxygens (including phenoxy) is 1. The Hall–Kier alpha value is -5.95. The molecular formula is C35H36N6O7. The molecule has 5 N–H and O–H groups in total. The Morgan fingerprint density at radius 2 is 1.50 bits per heavy atom. The van der Waals surface area contributed by atoms with E-state index < -0.39 is 11.9 Å². The summed E-state index contributed by atoms with van der Waals surface area (Å²) >= 11 is 0. The van der Waals surface area contributed by atoms with Gasteiger partial charge in [-0.25, -0.2) is 9.59 Å². The highest BCUT2D eigenvalue weighted by Gasteiger charge is 2.22. The van der Waals surface area contributed by atoms with Gasteiger partial charge in [0.15, 0.2) is 6.61 Å². The van der Waals surface area contributed by atoms with Crippen molar-refractivity contribution in [1.82, 2.24) is 20.1 Å². The van der Waals surface area contributed by atoms with Crippen LogP contribution in [0.25, 0.3) is 33.8 Å². The topological polar surface area (TPSA) is 188 Å². The zero-order valence-electron chi connectivity index (χ0n) is 26.3. The lowest BCUT2D eigenvalue weighted by atomic mass is 10.1. The fourth-order valence-corrected chi connectivity index (χ4v) is 5.17. The van der Waals surface area contributed by atoms with E-state index in [1.807, 2.05) is 72.6 Å². The molecule has 48 heavy (non-hydrogen) atoms. The summed E-state index contributed by atoms with van der Waals surface area (Å²) in [6, 6.07) is 21.9. The van der Waals surface area contributed by atoms with Crippen LogP contribution in [0.1, 0.15) is 11.1 Å². The monoisotopic (exact) mass is 652 g/mol. The summed E-state index contributed by atoms with van der Waals surface area (Å²) in [4.78, 5) is 39.4. The lowest BCUT2D eigenvalue weighted by Crippen LogP contribution is -2.50. The number of carbonyl (C=O) groups is 3. The van der Waals surface area contributed by atoms with E-state index in [0.717, 1.165) is 52.8 Å². The third-order valence-electron chi connectivity index (χ3n) is 7.72. The molecule has 6 rings (SSSR count). The minimum atomic E-state index is -1.26. The van der Waals surface area contributed by atoms with Crippen LogP contribution in [-0.2, 0) is 20.8 Å². The van der Waals surface area contributed by atoms with Crippen molar-refractivity contribution in [3.63, 3.8) is 0 Å². The summed E-state index contributed by atoms with van der Waals surface area (Å²) in [6.45, 7) is 5.44. The number of nitrogens with two attached hydrogens (primary N) is 1. The first-order valence-electron chi connectivity index (χ1n) is 15.3. The highest BCUT2D eigenvalue weighted by atomic mass is 16.5. The molecule has 13 heteroatoms. The highest BCUT2D eigenvalue weighted by molar-refractivity contribution is 5.89. The van der Waals surface area contributed by atoms with Gasteiger partial charge in [-0.1, -0.05) is 17.7 Å². The van der Waals surface area contributed by atoms with Crippen LogP contribution in [0, 0.1) is 6.92 Å². The maximum Gasteiger partial charge on any atom is 0.328 e. The number of benzene rings is 3. The van der Waals surface area contributed by atoms with E-state index in [9.17, 15) is 14.4 Å². The Labute approximate surface area is 276 Å². The molecule has 0 spiro atoms. The van der Waals surface area contributed by atoms with Crippen LogP contribution < -0.4 is 15.4 Å². The number of aromatic nitrogens is 3. The van der Waals surface area contributed by atoms with E-state index in [2.05, 4.69) is 32.2 Å². The summed E-state index contributed by atoms with van der Waals surface area (Å²) < 4.78 is 11.8. The van der Waals surface area contributed by atoms with Crippen LogP contribution in [0.2, 0.25) is 0 Å². The third-order valence-corrected chi connectivity index (χ3v) is 7.72. The number of nitrogens with one attached hydrogen (secondary N) is 1. The van der Waals surface area contributed by atoms with Gasteiger partial charge in [0.25, 0.3) is 5.91 Å². The molecule has 2 aromatic heterocycles. The van der Waals surface area contributed by atoms with Crippen molar-refractivity contribution in [3.8, 4) is 28.7 Å². The van der Waals surface area contributed by atoms with Gasteiger partial charge in [-0.3, -0.25) is 4.79 Å². The molecule has 1 fully saturated rings. The number of aromatic amines is 1. The van der Waals surface area contributed by atoms with Crippen molar-refractivity contribution in [2.24, 2.45) is 5.73 Å². The minimum absolute atomic E-state index is 0.00730. The number of aliphatic carboxylic acids is 2. The molecule has 5 aromatic rings. The first-order chi connectivity index (χ1) is 23.2. The zero-order chi connectivity index (χ0) is 34.0. The van der Waals surface area contributed by atoms with E-state index in [1.165, 1.54) is 5.56 Å². The molecule has 0 bridgehead atoms. The summed E-state index contributed by atoms with van der Waals surface area (Å²) in [5.41, 5.74) is 12.0. The quantitative estimate of drug-likeness (QED) is 0.159. The lowest BCUT2D eigenvalue weighted by Gasteiger charge is -2.36. The second-order valence-electron chi connectivity index (χ2n) is 11.1. The molecule has 1 saturated heterocycles. The minimum Gasteiger partial charge on any atom is -0.484 e. The maximum atomic E-state index is 12.9. The number of carbonyl (C=O) groups excluding carboxylic acids is 1. The molecule has 1 aliphatic rings. The standard InChI is InChI=1S/C31H32N6O3.C4H4O4/c1-21-2-4-22(5-3-21)30-34-35-31(40-30)23-6-8-25(9-7-23)36-14-16-37(17-15-36)29(38)20-39-26-10-11-28-27(18-26)24(12-13-32)19-33-28;5-3(6)1-2-4(7)8/h2-11,18-19,33H,12-17,20,32H2,1H3;1-2H,(H,5,6)(H,7,8). The molecule has 0 aliphatic carbocycles. The molecule has 13 nitrogen and oxygen atoms in total. The first-order valence-corrected chi connectivity index (χ1v) is 15.3. The summed E-state index contributed by atoms with van der Waals surface area (Å²) in [5, 5.41) is 25.1. The number of amides is 1. The highest BCUT2D eigenvalue weighted by Crippen LogP contribution is 2.27. The van der Waals surface area contributed by atoms with Crippen LogP contribution >= 0.6 is 0 Å². The molecule has 0 atom stereocenters. The van der Waals surface area contributed by atoms with E-state index in [0.29, 0.717) is 49.3 Å². The van der Waals surface area contributed by atoms with E-state index in [1.54, 1.807) is 0 Å². The fraction of sp³-hybridized carbons (Fsp3) is 0.229. The van der Waals surface area contributed by atoms with Gasteiger partial charge in [0.2, 0.25) is 11.8 Å². The third kappa shape index (κ3) is 8.65. The first kappa shape index (κ1) is 33.4. The zero-order valence-corrected chi connectivity index (χ0v) is 26.3. The normalized spacial score (nSPS) is 13.0. The lowest BCUT2D eigenvalue weighted by molar-refractivity contribution is -0.134. The van der Waals surface area contributed by atoms with E-state index in [4.69, 9.17) is 25.1 Å². The molecule has 1 amide bonds. The number of anilines is 1. The van der Waals surface area contributed by atoms with Gasteiger partial charge >= 0.3 is 11.9 Å². The van der Waals surface area contributed by atoms with Crippen molar-refractivity contribution in [3.05, 3.63) is 96.2 Å². The molecule has 0 radical (unpaired) electrons. The molecule has 248 valence electrons. The molecule has 0 unspecified atom stereocenters. The number of rotatable bonds is 10. The predicted octanol–water partition coefficient (Wildman–Crippen LogP) is 4.13. The Bertz CT molecular complexity index is 1870. The van der Waals surface area contributed by atoms with Gasteiger partial charge in [0.1, 0.15) is 5.75 Å². The molecule has 3 aromatic carbocycles. The van der Waals surface area contributed by atoms with Gasteiger partial charge in [0, 0.05) is 72.2 Å². The number of H-pyrrole nitrogens is 1. The van der Waals surface area contributed by atoms with Crippen molar-refractivity contribution in [2.45, 2.75) is 13.3 Å². The Morgan fingerprint density at radius 3 is 2.08 bits per heavy atom. The molecule has 0 saturated carbocycles. The van der Waals surface area contributed by atoms with Crippen molar-refractivity contribution >= 4 is 34.4 Å². The second-order valence-corrected chi connectivity index (χ2v) is 11.1. The molecule has 3 heterocycles. The number of fused-ring (bicyclic) bond motifs is 1. The van der Waals surface area contributed by atoms with Gasteiger partial charge in [-0.2, -0.15) is 0 Å². The number of hydrogen-bond acceptors (Lipinski definition) is 9. The maximum absolute atomic E-state index is 12.9. The van der Waals surface area contributed by atoms with Gasteiger partial charge < -0.3 is 39.9 Å². The second kappa shape index (κ2) is 15.6. The average molecular weight is 653 g/mol. The summed E-state index contributed by atoms with van der Waals surface area (Å²) in [5.74, 6) is -0.842. The van der Waals surface area contributed by atoms with Crippen LogP contribution in [0.3, 0.4) is 0 Å². The summed E-state index contributed by atoms with van der Waals surface area (Å²) in [6.07, 6.45) is 3.89. The Balaban J connectivity index is 0.000000503.